The van der Waals surface area contributed by atoms with Crippen LogP contribution in [-0.2, 0) is 0 Å². The summed E-state index contributed by atoms with van der Waals surface area (Å²) in [6, 6.07) is 12.9. The van der Waals surface area contributed by atoms with Gasteiger partial charge in [0.2, 0.25) is 0 Å². The minimum atomic E-state index is -0.0444. The Balaban J connectivity index is 1.68. The molecule has 0 saturated carbocycles. The van der Waals surface area contributed by atoms with E-state index in [2.05, 4.69) is 15.6 Å². The number of nitrogen functional groups attached to an aromatic ring is 1. The predicted octanol–water partition coefficient (Wildman–Crippen LogP) is 2.20. The number of pyridine rings is 1. The first-order valence-electron chi connectivity index (χ1n) is 6.97. The van der Waals surface area contributed by atoms with Gasteiger partial charge in [0.25, 0.3) is 5.91 Å². The monoisotopic (exact) mass is 284 g/mol. The third-order valence-corrected chi connectivity index (χ3v) is 3.11. The fraction of sp³-hybridized carbons (Fsp3) is 0.250. The smallest absolute Gasteiger partial charge is 0.251 e. The van der Waals surface area contributed by atoms with Gasteiger partial charge in [-0.2, -0.15) is 0 Å². The zero-order valence-electron chi connectivity index (χ0n) is 12.1. The SMILES string of the molecule is Cc1nc(NCCCNC(=O)c2ccccc2)ccc1N. The van der Waals surface area contributed by atoms with Crippen LogP contribution in [0.25, 0.3) is 0 Å². The number of carbonyl (C=O) groups excluding carboxylic acids is 1. The lowest BCUT2D eigenvalue weighted by Crippen LogP contribution is -2.25. The van der Waals surface area contributed by atoms with Crippen LogP contribution in [0.15, 0.2) is 42.5 Å². The summed E-state index contributed by atoms with van der Waals surface area (Å²) in [5, 5.41) is 6.09. The van der Waals surface area contributed by atoms with Crippen molar-refractivity contribution < 1.29 is 4.79 Å². The van der Waals surface area contributed by atoms with Crippen LogP contribution in [0.1, 0.15) is 22.5 Å². The minimum absolute atomic E-state index is 0.0444. The Kier molecular flexibility index (Phi) is 5.15. The molecule has 0 radical (unpaired) electrons. The summed E-state index contributed by atoms with van der Waals surface area (Å²) in [7, 11) is 0. The van der Waals surface area contributed by atoms with Gasteiger partial charge in [-0.15, -0.1) is 0 Å². The van der Waals surface area contributed by atoms with E-state index in [1.807, 2.05) is 37.3 Å². The number of rotatable bonds is 6. The zero-order chi connectivity index (χ0) is 15.1. The van der Waals surface area contributed by atoms with Gasteiger partial charge in [-0.05, 0) is 37.6 Å². The third kappa shape index (κ3) is 4.49. The zero-order valence-corrected chi connectivity index (χ0v) is 12.1. The van der Waals surface area contributed by atoms with E-state index in [4.69, 9.17) is 5.73 Å². The van der Waals surface area contributed by atoms with E-state index in [9.17, 15) is 4.79 Å². The highest BCUT2D eigenvalue weighted by Crippen LogP contribution is 2.11. The van der Waals surface area contributed by atoms with E-state index < -0.39 is 0 Å². The minimum Gasteiger partial charge on any atom is -0.397 e. The first kappa shape index (κ1) is 14.8. The van der Waals surface area contributed by atoms with Crippen molar-refractivity contribution in [2.75, 3.05) is 24.1 Å². The number of aryl methyl sites for hydroxylation is 1. The molecule has 0 aliphatic carbocycles. The Morgan fingerprint density at radius 3 is 2.62 bits per heavy atom. The molecular weight excluding hydrogens is 264 g/mol. The van der Waals surface area contributed by atoms with Crippen molar-refractivity contribution in [3.05, 3.63) is 53.7 Å². The molecule has 0 atom stereocenters. The Labute approximate surface area is 124 Å². The number of hydrogen-bond acceptors (Lipinski definition) is 4. The van der Waals surface area contributed by atoms with Crippen molar-refractivity contribution in [3.8, 4) is 0 Å². The van der Waals surface area contributed by atoms with Gasteiger partial charge in [0.05, 0.1) is 11.4 Å². The summed E-state index contributed by atoms with van der Waals surface area (Å²) >= 11 is 0. The Morgan fingerprint density at radius 1 is 1.14 bits per heavy atom. The number of nitrogens with two attached hydrogens (primary N) is 1. The van der Waals surface area contributed by atoms with Gasteiger partial charge < -0.3 is 16.4 Å². The van der Waals surface area contributed by atoms with E-state index in [-0.39, 0.29) is 5.91 Å². The molecule has 5 heteroatoms. The molecule has 0 aliphatic rings. The third-order valence-electron chi connectivity index (χ3n) is 3.11. The molecule has 1 heterocycles. The van der Waals surface area contributed by atoms with Crippen LogP contribution in [0.5, 0.6) is 0 Å². The largest absolute Gasteiger partial charge is 0.397 e. The normalized spacial score (nSPS) is 10.1. The standard InChI is InChI=1S/C16H20N4O/c1-12-14(17)8-9-15(20-12)18-10-5-11-19-16(21)13-6-3-2-4-7-13/h2-4,6-9H,5,10-11,17H2,1H3,(H,18,20)(H,19,21). The molecule has 4 N–H and O–H groups in total. The lowest BCUT2D eigenvalue weighted by Gasteiger charge is -2.08. The summed E-state index contributed by atoms with van der Waals surface area (Å²) in [6.45, 7) is 3.24. The van der Waals surface area contributed by atoms with Gasteiger partial charge in [-0.3, -0.25) is 4.79 Å². The van der Waals surface area contributed by atoms with Gasteiger partial charge in [0, 0.05) is 18.7 Å². The quantitative estimate of drug-likeness (QED) is 0.710. The fourth-order valence-corrected chi connectivity index (χ4v) is 1.87. The molecule has 2 aromatic rings. The number of amides is 1. The van der Waals surface area contributed by atoms with Crippen LogP contribution in [0.2, 0.25) is 0 Å². The summed E-state index contributed by atoms with van der Waals surface area (Å²) in [4.78, 5) is 16.1. The molecular formula is C16H20N4O. The molecule has 0 unspecified atom stereocenters. The second-order valence-electron chi connectivity index (χ2n) is 4.77. The Morgan fingerprint density at radius 2 is 1.90 bits per heavy atom. The van der Waals surface area contributed by atoms with Crippen LogP contribution in [0.4, 0.5) is 11.5 Å². The second-order valence-corrected chi connectivity index (χ2v) is 4.77. The van der Waals surface area contributed by atoms with Crippen LogP contribution in [0.3, 0.4) is 0 Å². The van der Waals surface area contributed by atoms with Gasteiger partial charge in [0.1, 0.15) is 5.82 Å². The van der Waals surface area contributed by atoms with Gasteiger partial charge in [-0.1, -0.05) is 18.2 Å². The molecule has 1 aromatic carbocycles. The Bertz CT molecular complexity index is 598. The highest BCUT2D eigenvalue weighted by Gasteiger charge is 2.03. The van der Waals surface area contributed by atoms with Crippen molar-refractivity contribution in [1.29, 1.82) is 0 Å². The second kappa shape index (κ2) is 7.28. The van der Waals surface area contributed by atoms with E-state index in [0.717, 1.165) is 24.5 Å². The average Bonchev–Trinajstić information content (AvgIpc) is 2.51. The molecule has 5 nitrogen and oxygen atoms in total. The number of nitrogens with zero attached hydrogens (tertiary/aromatic N) is 1. The number of nitrogens with one attached hydrogen (secondary N) is 2. The summed E-state index contributed by atoms with van der Waals surface area (Å²) in [6.07, 6.45) is 0.823. The van der Waals surface area contributed by atoms with Crippen LogP contribution in [-0.4, -0.2) is 24.0 Å². The van der Waals surface area contributed by atoms with E-state index in [0.29, 0.717) is 17.8 Å². The lowest BCUT2D eigenvalue weighted by atomic mass is 10.2. The number of carbonyl (C=O) groups is 1. The first-order chi connectivity index (χ1) is 10.2. The summed E-state index contributed by atoms with van der Waals surface area (Å²) in [5.74, 6) is 0.758. The maximum absolute atomic E-state index is 11.8. The highest BCUT2D eigenvalue weighted by molar-refractivity contribution is 5.94. The molecule has 1 amide bonds. The van der Waals surface area contributed by atoms with Crippen molar-refractivity contribution >= 4 is 17.4 Å². The van der Waals surface area contributed by atoms with Crippen molar-refractivity contribution in [3.63, 3.8) is 0 Å². The van der Waals surface area contributed by atoms with E-state index >= 15 is 0 Å². The molecule has 0 fully saturated rings. The lowest BCUT2D eigenvalue weighted by molar-refractivity contribution is 0.0953. The van der Waals surface area contributed by atoms with Crippen molar-refractivity contribution in [1.82, 2.24) is 10.3 Å². The molecule has 0 spiro atoms. The van der Waals surface area contributed by atoms with Crippen molar-refractivity contribution in [2.24, 2.45) is 0 Å². The molecule has 0 bridgehead atoms. The molecule has 0 saturated heterocycles. The number of benzene rings is 1. The average molecular weight is 284 g/mol. The summed E-state index contributed by atoms with van der Waals surface area (Å²) < 4.78 is 0. The predicted molar refractivity (Wildman–Crippen MR) is 85.3 cm³/mol. The maximum atomic E-state index is 11.8. The first-order valence-corrected chi connectivity index (χ1v) is 6.97. The highest BCUT2D eigenvalue weighted by atomic mass is 16.1. The van der Waals surface area contributed by atoms with Crippen LogP contribution < -0.4 is 16.4 Å². The van der Waals surface area contributed by atoms with Crippen LogP contribution >= 0.6 is 0 Å². The molecule has 0 aliphatic heterocycles. The van der Waals surface area contributed by atoms with Crippen LogP contribution in [0, 0.1) is 6.92 Å². The molecule has 1 aromatic heterocycles. The molecule has 21 heavy (non-hydrogen) atoms. The number of hydrogen-bond donors (Lipinski definition) is 3. The van der Waals surface area contributed by atoms with Gasteiger partial charge in [0.15, 0.2) is 0 Å². The summed E-state index contributed by atoms with van der Waals surface area (Å²) in [5.41, 5.74) is 7.91. The topological polar surface area (TPSA) is 80.0 Å². The number of anilines is 2. The van der Waals surface area contributed by atoms with Gasteiger partial charge in [-0.25, -0.2) is 4.98 Å². The number of aromatic nitrogens is 1. The molecule has 110 valence electrons. The Hall–Kier alpha value is -2.56. The maximum Gasteiger partial charge on any atom is 0.251 e. The fourth-order valence-electron chi connectivity index (χ4n) is 1.87. The van der Waals surface area contributed by atoms with E-state index in [1.54, 1.807) is 12.1 Å². The van der Waals surface area contributed by atoms with E-state index in [1.165, 1.54) is 0 Å². The molecule has 2 rings (SSSR count). The van der Waals surface area contributed by atoms with Crippen molar-refractivity contribution in [2.45, 2.75) is 13.3 Å². The van der Waals surface area contributed by atoms with Gasteiger partial charge >= 0.3 is 0 Å².